The number of halogens is 1. The smallest absolute Gasteiger partial charge is 0.243 e. The molecule has 1 aliphatic heterocycles. The number of nitrogens with one attached hydrogen (secondary N) is 1. The molecule has 0 spiro atoms. The molecule has 28 heavy (non-hydrogen) atoms. The Morgan fingerprint density at radius 2 is 1.93 bits per heavy atom. The molecule has 0 radical (unpaired) electrons. The zero-order chi connectivity index (χ0) is 20.1. The molecule has 1 atom stereocenters. The van der Waals surface area contributed by atoms with Crippen molar-refractivity contribution in [1.82, 2.24) is 9.62 Å². The molecule has 0 aliphatic carbocycles. The van der Waals surface area contributed by atoms with Gasteiger partial charge in [0, 0.05) is 25.2 Å². The van der Waals surface area contributed by atoms with E-state index in [-0.39, 0.29) is 17.3 Å². The summed E-state index contributed by atoms with van der Waals surface area (Å²) in [6.07, 6.45) is 1.21. The van der Waals surface area contributed by atoms with Crippen LogP contribution in [0.1, 0.15) is 18.4 Å². The first-order valence-electron chi connectivity index (χ1n) is 9.07. The van der Waals surface area contributed by atoms with Gasteiger partial charge in [0.2, 0.25) is 15.9 Å². The van der Waals surface area contributed by atoms with Crippen molar-refractivity contribution in [3.05, 3.63) is 59.9 Å². The van der Waals surface area contributed by atoms with Gasteiger partial charge in [-0.05, 0) is 43.2 Å². The van der Waals surface area contributed by atoms with Gasteiger partial charge < -0.3 is 10.1 Å². The summed E-state index contributed by atoms with van der Waals surface area (Å²) in [6.45, 7) is 0.761. The number of carbonyl (C=O) groups excluding carboxylic acids is 1. The molecule has 0 aromatic heterocycles. The summed E-state index contributed by atoms with van der Waals surface area (Å²) >= 11 is 0. The first-order chi connectivity index (χ1) is 13.4. The molecule has 1 saturated heterocycles. The fourth-order valence-corrected chi connectivity index (χ4v) is 4.83. The molecule has 2 aromatic rings. The largest absolute Gasteiger partial charge is 0.496 e. The predicted octanol–water partition coefficient (Wildman–Crippen LogP) is 2.55. The maximum atomic E-state index is 13.1. The van der Waals surface area contributed by atoms with Crippen molar-refractivity contribution in [3.8, 4) is 5.75 Å². The Kier molecular flexibility index (Phi) is 6.31. The third kappa shape index (κ3) is 4.51. The normalized spacial score (nSPS) is 17.9. The van der Waals surface area contributed by atoms with Crippen molar-refractivity contribution < 1.29 is 22.3 Å². The first kappa shape index (κ1) is 20.3. The van der Waals surface area contributed by atoms with Crippen molar-refractivity contribution in [2.24, 2.45) is 5.92 Å². The minimum absolute atomic E-state index is 0.0315. The number of hydrogen-bond donors (Lipinski definition) is 1. The highest BCUT2D eigenvalue weighted by atomic mass is 32.2. The number of sulfonamides is 1. The molecule has 1 amide bonds. The van der Waals surface area contributed by atoms with Crippen LogP contribution < -0.4 is 10.1 Å². The molecule has 0 saturated carbocycles. The predicted molar refractivity (Wildman–Crippen MR) is 103 cm³/mol. The van der Waals surface area contributed by atoms with Gasteiger partial charge in [0.05, 0.1) is 17.9 Å². The molecule has 1 heterocycles. The quantitative estimate of drug-likeness (QED) is 0.800. The number of para-hydroxylation sites is 1. The maximum absolute atomic E-state index is 13.1. The van der Waals surface area contributed by atoms with Crippen LogP contribution in [0.25, 0.3) is 0 Å². The number of methoxy groups -OCH3 is 1. The molecule has 6 nitrogen and oxygen atoms in total. The van der Waals surface area contributed by atoms with E-state index >= 15 is 0 Å². The Labute approximate surface area is 164 Å². The van der Waals surface area contributed by atoms with Crippen molar-refractivity contribution in [3.63, 3.8) is 0 Å². The van der Waals surface area contributed by atoms with Gasteiger partial charge in [-0.3, -0.25) is 4.79 Å². The third-order valence-electron chi connectivity index (χ3n) is 4.85. The molecule has 1 unspecified atom stereocenters. The van der Waals surface area contributed by atoms with Crippen LogP contribution in [0, 0.1) is 11.7 Å². The van der Waals surface area contributed by atoms with E-state index in [1.165, 1.54) is 16.4 Å². The third-order valence-corrected chi connectivity index (χ3v) is 6.73. The average Bonchev–Trinajstić information content (AvgIpc) is 2.72. The SMILES string of the molecule is COc1ccccc1CNC(=O)C1CCCN(S(=O)(=O)c2ccc(F)cc2)C1. The number of nitrogens with zero attached hydrogens (tertiary/aromatic N) is 1. The van der Waals surface area contributed by atoms with E-state index in [0.29, 0.717) is 31.7 Å². The number of piperidine rings is 1. The number of hydrogen-bond acceptors (Lipinski definition) is 4. The van der Waals surface area contributed by atoms with Gasteiger partial charge in [-0.2, -0.15) is 4.31 Å². The molecule has 1 fully saturated rings. The van der Waals surface area contributed by atoms with Gasteiger partial charge in [0.1, 0.15) is 11.6 Å². The Bertz CT molecular complexity index is 931. The van der Waals surface area contributed by atoms with Crippen LogP contribution in [-0.4, -0.2) is 38.8 Å². The van der Waals surface area contributed by atoms with Crippen LogP contribution in [0.4, 0.5) is 4.39 Å². The Hall–Kier alpha value is -2.45. The summed E-state index contributed by atoms with van der Waals surface area (Å²) in [5, 5.41) is 2.87. The number of amides is 1. The van der Waals surface area contributed by atoms with Gasteiger partial charge in [-0.15, -0.1) is 0 Å². The summed E-state index contributed by atoms with van der Waals surface area (Å²) in [5.74, 6) is -0.429. The summed E-state index contributed by atoms with van der Waals surface area (Å²) in [7, 11) is -2.19. The fraction of sp³-hybridized carbons (Fsp3) is 0.350. The molecule has 1 N–H and O–H groups in total. The van der Waals surface area contributed by atoms with E-state index < -0.39 is 21.8 Å². The van der Waals surface area contributed by atoms with Crippen LogP contribution in [0.5, 0.6) is 5.75 Å². The minimum Gasteiger partial charge on any atom is -0.496 e. The van der Waals surface area contributed by atoms with Gasteiger partial charge in [0.15, 0.2) is 0 Å². The summed E-state index contributed by atoms with van der Waals surface area (Å²) in [4.78, 5) is 12.6. The van der Waals surface area contributed by atoms with Crippen molar-refractivity contribution in [2.45, 2.75) is 24.3 Å². The van der Waals surface area contributed by atoms with Crippen LogP contribution in [0.3, 0.4) is 0 Å². The van der Waals surface area contributed by atoms with Gasteiger partial charge in [-0.25, -0.2) is 12.8 Å². The van der Waals surface area contributed by atoms with Crippen LogP contribution in [0.2, 0.25) is 0 Å². The molecule has 150 valence electrons. The van der Waals surface area contributed by atoms with E-state index in [1.54, 1.807) is 7.11 Å². The lowest BCUT2D eigenvalue weighted by Gasteiger charge is -2.31. The topological polar surface area (TPSA) is 75.7 Å². The van der Waals surface area contributed by atoms with Crippen LogP contribution in [-0.2, 0) is 21.4 Å². The lowest BCUT2D eigenvalue weighted by atomic mass is 9.98. The zero-order valence-electron chi connectivity index (χ0n) is 15.6. The molecule has 8 heteroatoms. The summed E-state index contributed by atoms with van der Waals surface area (Å²) < 4.78 is 45.2. The van der Waals surface area contributed by atoms with Crippen LogP contribution in [0.15, 0.2) is 53.4 Å². The Balaban J connectivity index is 1.65. The average molecular weight is 406 g/mol. The second-order valence-corrected chi connectivity index (χ2v) is 8.62. The van der Waals surface area contributed by atoms with E-state index in [2.05, 4.69) is 5.32 Å². The number of benzene rings is 2. The van der Waals surface area contributed by atoms with E-state index in [4.69, 9.17) is 4.74 Å². The van der Waals surface area contributed by atoms with E-state index in [0.717, 1.165) is 17.7 Å². The first-order valence-corrected chi connectivity index (χ1v) is 10.5. The van der Waals surface area contributed by atoms with Gasteiger partial charge >= 0.3 is 0 Å². The highest BCUT2D eigenvalue weighted by molar-refractivity contribution is 7.89. The maximum Gasteiger partial charge on any atom is 0.243 e. The molecule has 2 aromatic carbocycles. The molecule has 1 aliphatic rings. The minimum atomic E-state index is -3.76. The number of rotatable bonds is 6. The lowest BCUT2D eigenvalue weighted by molar-refractivity contribution is -0.126. The second-order valence-electron chi connectivity index (χ2n) is 6.69. The van der Waals surface area contributed by atoms with Gasteiger partial charge in [0.25, 0.3) is 0 Å². The highest BCUT2D eigenvalue weighted by Crippen LogP contribution is 2.24. The highest BCUT2D eigenvalue weighted by Gasteiger charge is 2.33. The molecular formula is C20H23FN2O4S. The Morgan fingerprint density at radius 3 is 2.64 bits per heavy atom. The Morgan fingerprint density at radius 1 is 1.21 bits per heavy atom. The van der Waals surface area contributed by atoms with Crippen molar-refractivity contribution in [1.29, 1.82) is 0 Å². The monoisotopic (exact) mass is 406 g/mol. The zero-order valence-corrected chi connectivity index (χ0v) is 16.4. The second kappa shape index (κ2) is 8.70. The van der Waals surface area contributed by atoms with Gasteiger partial charge in [-0.1, -0.05) is 18.2 Å². The summed E-state index contributed by atoms with van der Waals surface area (Å²) in [6, 6.07) is 12.1. The molecular weight excluding hydrogens is 383 g/mol. The lowest BCUT2D eigenvalue weighted by Crippen LogP contribution is -2.45. The van der Waals surface area contributed by atoms with Crippen molar-refractivity contribution in [2.75, 3.05) is 20.2 Å². The number of ether oxygens (including phenoxy) is 1. The summed E-state index contributed by atoms with van der Waals surface area (Å²) in [5.41, 5.74) is 0.852. The standard InChI is InChI=1S/C20H23FN2O4S/c1-27-19-7-3-2-5-15(19)13-22-20(24)16-6-4-12-23(14-16)28(25,26)18-10-8-17(21)9-11-18/h2-3,5,7-11,16H,4,6,12-14H2,1H3,(H,22,24). The molecule has 0 bridgehead atoms. The number of carbonyl (C=O) groups is 1. The van der Waals surface area contributed by atoms with Crippen molar-refractivity contribution >= 4 is 15.9 Å². The molecule has 3 rings (SSSR count). The van der Waals surface area contributed by atoms with E-state index in [9.17, 15) is 17.6 Å². The van der Waals surface area contributed by atoms with E-state index in [1.807, 2.05) is 24.3 Å². The van der Waals surface area contributed by atoms with Crippen LogP contribution >= 0.6 is 0 Å². The fourth-order valence-electron chi connectivity index (χ4n) is 3.31.